The highest BCUT2D eigenvalue weighted by Crippen LogP contribution is 2.18. The van der Waals surface area contributed by atoms with Gasteiger partial charge in [-0.3, -0.25) is 4.79 Å². The second-order valence-electron chi connectivity index (χ2n) is 5.40. The van der Waals surface area contributed by atoms with Crippen molar-refractivity contribution in [2.45, 2.75) is 37.6 Å². The topological polar surface area (TPSA) is 92.5 Å². The van der Waals surface area contributed by atoms with Crippen LogP contribution >= 0.6 is 0 Å². The maximum absolute atomic E-state index is 12.4. The molecule has 1 heterocycles. The number of carbonyl (C=O) groups excluding carboxylic acids is 1. The van der Waals surface area contributed by atoms with Crippen molar-refractivity contribution in [3.05, 3.63) is 23.8 Å². The molecule has 0 saturated carbocycles. The maximum Gasteiger partial charge on any atom is 0.241 e. The first-order valence-corrected chi connectivity index (χ1v) is 8.47. The predicted molar refractivity (Wildman–Crippen MR) is 81.2 cm³/mol. The molecule has 0 radical (unpaired) electrons. The van der Waals surface area contributed by atoms with Crippen LogP contribution < -0.4 is 10.5 Å². The number of carbonyl (C=O) groups is 1. The van der Waals surface area contributed by atoms with Crippen LogP contribution in [0.25, 0.3) is 0 Å². The van der Waals surface area contributed by atoms with Gasteiger partial charge in [-0.2, -0.15) is 4.72 Å². The normalized spacial score (nSPS) is 17.0. The number of likely N-dealkylation sites (tertiary alicyclic amines) is 1. The Balaban J connectivity index is 2.14. The Morgan fingerprint density at radius 3 is 2.52 bits per heavy atom. The molecular formula is C14H21N3O3S. The third-order valence-corrected chi connectivity index (χ3v) is 5.31. The zero-order valence-electron chi connectivity index (χ0n) is 12.3. The summed E-state index contributed by atoms with van der Waals surface area (Å²) in [5.74, 6) is -0.177. The van der Waals surface area contributed by atoms with Crippen LogP contribution in [0.4, 0.5) is 5.69 Å². The SMILES string of the molecule is Cc1cc(N)ccc1S(=O)(=O)NC(C)C(=O)N1CCCC1. The van der Waals surface area contributed by atoms with Gasteiger partial charge in [-0.25, -0.2) is 8.42 Å². The van der Waals surface area contributed by atoms with Crippen LogP contribution in [0.2, 0.25) is 0 Å². The molecule has 0 aromatic heterocycles. The monoisotopic (exact) mass is 311 g/mol. The molecule has 1 atom stereocenters. The molecule has 3 N–H and O–H groups in total. The molecule has 1 aliphatic rings. The second-order valence-corrected chi connectivity index (χ2v) is 7.08. The maximum atomic E-state index is 12.4. The summed E-state index contributed by atoms with van der Waals surface area (Å²) < 4.78 is 27.2. The van der Waals surface area contributed by atoms with E-state index in [9.17, 15) is 13.2 Å². The van der Waals surface area contributed by atoms with Crippen LogP contribution in [-0.4, -0.2) is 38.4 Å². The number of sulfonamides is 1. The molecule has 0 bridgehead atoms. The highest BCUT2D eigenvalue weighted by atomic mass is 32.2. The molecule has 1 aromatic carbocycles. The largest absolute Gasteiger partial charge is 0.399 e. The first-order valence-electron chi connectivity index (χ1n) is 6.98. The lowest BCUT2D eigenvalue weighted by Crippen LogP contribution is -2.45. The van der Waals surface area contributed by atoms with Crippen LogP contribution in [0.3, 0.4) is 0 Å². The molecule has 0 aliphatic carbocycles. The number of hydrogen-bond donors (Lipinski definition) is 2. The summed E-state index contributed by atoms with van der Waals surface area (Å²) in [6.07, 6.45) is 1.95. The molecule has 1 unspecified atom stereocenters. The van der Waals surface area contributed by atoms with E-state index in [1.807, 2.05) is 0 Å². The Hall–Kier alpha value is -1.60. The van der Waals surface area contributed by atoms with Gasteiger partial charge in [0.05, 0.1) is 10.9 Å². The van der Waals surface area contributed by atoms with Crippen molar-refractivity contribution in [3.8, 4) is 0 Å². The Kier molecular flexibility index (Phi) is 4.53. The average Bonchev–Trinajstić information content (AvgIpc) is 2.90. The van der Waals surface area contributed by atoms with Crippen molar-refractivity contribution in [3.63, 3.8) is 0 Å². The molecule has 116 valence electrons. The molecule has 6 nitrogen and oxygen atoms in total. The number of aryl methyl sites for hydroxylation is 1. The minimum absolute atomic E-state index is 0.151. The zero-order chi connectivity index (χ0) is 15.6. The van der Waals surface area contributed by atoms with Crippen molar-refractivity contribution in [1.82, 2.24) is 9.62 Å². The Labute approximate surface area is 125 Å². The number of hydrogen-bond acceptors (Lipinski definition) is 4. The van der Waals surface area contributed by atoms with Gasteiger partial charge in [0.15, 0.2) is 0 Å². The van der Waals surface area contributed by atoms with Gasteiger partial charge in [0, 0.05) is 18.8 Å². The summed E-state index contributed by atoms with van der Waals surface area (Å²) in [6.45, 7) is 4.65. The summed E-state index contributed by atoms with van der Waals surface area (Å²) in [5, 5.41) is 0. The van der Waals surface area contributed by atoms with Gasteiger partial charge in [0.25, 0.3) is 0 Å². The number of anilines is 1. The lowest BCUT2D eigenvalue weighted by atomic mass is 10.2. The van der Waals surface area contributed by atoms with E-state index in [1.165, 1.54) is 12.1 Å². The molecule has 1 aliphatic heterocycles. The van der Waals surface area contributed by atoms with E-state index in [0.29, 0.717) is 24.3 Å². The predicted octanol–water partition coefficient (Wildman–Crippen LogP) is 0.866. The molecule has 1 saturated heterocycles. The van der Waals surface area contributed by atoms with Crippen LogP contribution in [0.1, 0.15) is 25.3 Å². The fourth-order valence-corrected chi connectivity index (χ4v) is 3.96. The van der Waals surface area contributed by atoms with Gasteiger partial charge in [0.2, 0.25) is 15.9 Å². The highest BCUT2D eigenvalue weighted by Gasteiger charge is 2.27. The fraction of sp³-hybridized carbons (Fsp3) is 0.500. The van der Waals surface area contributed by atoms with E-state index in [4.69, 9.17) is 5.73 Å². The number of nitrogen functional groups attached to an aromatic ring is 1. The quantitative estimate of drug-likeness (QED) is 0.807. The molecule has 21 heavy (non-hydrogen) atoms. The highest BCUT2D eigenvalue weighted by molar-refractivity contribution is 7.89. The molecule has 0 spiro atoms. The van der Waals surface area contributed by atoms with Crippen LogP contribution in [0.5, 0.6) is 0 Å². The Morgan fingerprint density at radius 2 is 1.95 bits per heavy atom. The van der Waals surface area contributed by atoms with E-state index in [0.717, 1.165) is 12.8 Å². The average molecular weight is 311 g/mol. The lowest BCUT2D eigenvalue weighted by Gasteiger charge is -2.21. The number of nitrogens with one attached hydrogen (secondary N) is 1. The fourth-order valence-electron chi connectivity index (χ4n) is 2.53. The van der Waals surface area contributed by atoms with E-state index in [-0.39, 0.29) is 10.8 Å². The van der Waals surface area contributed by atoms with Gasteiger partial charge in [0.1, 0.15) is 0 Å². The number of rotatable bonds is 4. The van der Waals surface area contributed by atoms with Crippen molar-refractivity contribution < 1.29 is 13.2 Å². The number of nitrogens with two attached hydrogens (primary N) is 1. The third-order valence-electron chi connectivity index (χ3n) is 3.61. The van der Waals surface area contributed by atoms with Gasteiger partial charge in [-0.05, 0) is 50.5 Å². The molecule has 2 rings (SSSR count). The standard InChI is InChI=1S/C14H21N3O3S/c1-10-9-12(15)5-6-13(10)21(19,20)16-11(2)14(18)17-7-3-4-8-17/h5-6,9,11,16H,3-4,7-8,15H2,1-2H3. The van der Waals surface area contributed by atoms with E-state index in [1.54, 1.807) is 24.8 Å². The summed E-state index contributed by atoms with van der Waals surface area (Å²) in [5.41, 5.74) is 6.69. The minimum Gasteiger partial charge on any atom is -0.399 e. The number of amides is 1. The first kappa shape index (κ1) is 15.8. The number of nitrogens with zero attached hydrogens (tertiary/aromatic N) is 1. The third kappa shape index (κ3) is 3.54. The first-order chi connectivity index (χ1) is 9.81. The molecule has 7 heteroatoms. The molecule has 1 fully saturated rings. The summed E-state index contributed by atoms with van der Waals surface area (Å²) >= 11 is 0. The van der Waals surface area contributed by atoms with Crippen molar-refractivity contribution in [2.75, 3.05) is 18.8 Å². The van der Waals surface area contributed by atoms with Gasteiger partial charge >= 0.3 is 0 Å². The Bertz CT molecular complexity index is 637. The smallest absolute Gasteiger partial charge is 0.241 e. The summed E-state index contributed by atoms with van der Waals surface area (Å²) in [4.78, 5) is 14.0. The van der Waals surface area contributed by atoms with Crippen molar-refractivity contribution >= 4 is 21.6 Å². The lowest BCUT2D eigenvalue weighted by molar-refractivity contribution is -0.131. The van der Waals surface area contributed by atoms with Gasteiger partial charge in [-0.1, -0.05) is 0 Å². The van der Waals surface area contributed by atoms with E-state index < -0.39 is 16.1 Å². The molecular weight excluding hydrogens is 290 g/mol. The molecule has 1 amide bonds. The minimum atomic E-state index is -3.73. The van der Waals surface area contributed by atoms with E-state index in [2.05, 4.69) is 4.72 Å². The number of benzene rings is 1. The van der Waals surface area contributed by atoms with E-state index >= 15 is 0 Å². The van der Waals surface area contributed by atoms with Crippen molar-refractivity contribution in [2.24, 2.45) is 0 Å². The van der Waals surface area contributed by atoms with Gasteiger partial charge in [-0.15, -0.1) is 0 Å². The van der Waals surface area contributed by atoms with Crippen LogP contribution in [-0.2, 0) is 14.8 Å². The Morgan fingerprint density at radius 1 is 1.33 bits per heavy atom. The van der Waals surface area contributed by atoms with Gasteiger partial charge < -0.3 is 10.6 Å². The van der Waals surface area contributed by atoms with Crippen molar-refractivity contribution in [1.29, 1.82) is 0 Å². The second kappa shape index (κ2) is 6.03. The zero-order valence-corrected chi connectivity index (χ0v) is 13.1. The van der Waals surface area contributed by atoms with Crippen LogP contribution in [0, 0.1) is 6.92 Å². The summed E-state index contributed by atoms with van der Waals surface area (Å²) in [6, 6.07) is 3.82. The van der Waals surface area contributed by atoms with Crippen LogP contribution in [0.15, 0.2) is 23.1 Å². The summed E-state index contributed by atoms with van der Waals surface area (Å²) in [7, 11) is -3.73. The molecule has 1 aromatic rings.